The van der Waals surface area contributed by atoms with Gasteiger partial charge in [0.25, 0.3) is 5.91 Å². The lowest BCUT2D eigenvalue weighted by Gasteiger charge is -2.27. The summed E-state index contributed by atoms with van der Waals surface area (Å²) in [7, 11) is 0. The maximum atomic E-state index is 13.6. The molecule has 1 aromatic carbocycles. The van der Waals surface area contributed by atoms with Crippen molar-refractivity contribution in [1.29, 1.82) is 0 Å². The zero-order chi connectivity index (χ0) is 23.0. The van der Waals surface area contributed by atoms with Crippen LogP contribution in [0.15, 0.2) is 48.1 Å². The molecular formula is C21H17F3N6O2S. The molecule has 170 valence electrons. The van der Waals surface area contributed by atoms with Gasteiger partial charge < -0.3 is 9.64 Å². The van der Waals surface area contributed by atoms with Crippen LogP contribution in [-0.4, -0.2) is 51.8 Å². The van der Waals surface area contributed by atoms with E-state index in [1.54, 1.807) is 17.6 Å². The van der Waals surface area contributed by atoms with E-state index < -0.39 is 17.6 Å². The molecule has 1 saturated heterocycles. The Hall–Kier alpha value is -3.51. The third-order valence-electron chi connectivity index (χ3n) is 5.15. The van der Waals surface area contributed by atoms with Crippen LogP contribution in [0.1, 0.15) is 15.9 Å². The van der Waals surface area contributed by atoms with E-state index in [-0.39, 0.29) is 22.5 Å². The van der Waals surface area contributed by atoms with Crippen LogP contribution in [-0.2, 0) is 10.9 Å². The van der Waals surface area contributed by atoms with Gasteiger partial charge in [0.15, 0.2) is 16.6 Å². The Morgan fingerprint density at radius 1 is 1.18 bits per heavy atom. The first-order valence-electron chi connectivity index (χ1n) is 10.0. The van der Waals surface area contributed by atoms with Crippen LogP contribution in [0.2, 0.25) is 0 Å². The molecule has 0 radical (unpaired) electrons. The standard InChI is InChI=1S/C21H17F3N6O2S/c22-21(23,24)15-4-2-1-3-13(15)16-12-30-18(26-16)14(19(31)27-20-25-5-10-33-20)11-17(28-30)29-6-8-32-9-7-29/h1-5,10-12H,6-9H2,(H,25,27,31). The lowest BCUT2D eigenvalue weighted by molar-refractivity contribution is -0.137. The van der Waals surface area contributed by atoms with Gasteiger partial charge in [0.2, 0.25) is 0 Å². The first-order valence-corrected chi connectivity index (χ1v) is 10.9. The van der Waals surface area contributed by atoms with Gasteiger partial charge in [-0.25, -0.2) is 14.5 Å². The maximum absolute atomic E-state index is 13.6. The number of nitrogens with one attached hydrogen (secondary N) is 1. The minimum absolute atomic E-state index is 0.0675. The van der Waals surface area contributed by atoms with Gasteiger partial charge in [-0.1, -0.05) is 18.2 Å². The average Bonchev–Trinajstić information content (AvgIpc) is 3.48. The van der Waals surface area contributed by atoms with Crippen molar-refractivity contribution in [3.8, 4) is 11.3 Å². The highest BCUT2D eigenvalue weighted by atomic mass is 32.1. The molecule has 12 heteroatoms. The van der Waals surface area contributed by atoms with E-state index in [2.05, 4.69) is 20.4 Å². The molecule has 4 heterocycles. The second-order valence-electron chi connectivity index (χ2n) is 7.24. The molecule has 0 atom stereocenters. The fraction of sp³-hybridized carbons (Fsp3) is 0.238. The summed E-state index contributed by atoms with van der Waals surface area (Å²) in [4.78, 5) is 23.5. The Morgan fingerprint density at radius 2 is 1.97 bits per heavy atom. The van der Waals surface area contributed by atoms with Gasteiger partial charge in [0.1, 0.15) is 0 Å². The first kappa shape index (κ1) is 21.3. The van der Waals surface area contributed by atoms with Crippen LogP contribution >= 0.6 is 11.3 Å². The largest absolute Gasteiger partial charge is 0.417 e. The van der Waals surface area contributed by atoms with Gasteiger partial charge >= 0.3 is 6.18 Å². The van der Waals surface area contributed by atoms with E-state index in [1.165, 1.54) is 40.2 Å². The SMILES string of the molecule is O=C(Nc1nccs1)c1cc(N2CCOCC2)nn2cc(-c3ccccc3C(F)(F)F)nc12. The van der Waals surface area contributed by atoms with Crippen LogP contribution in [0.3, 0.4) is 0 Å². The smallest absolute Gasteiger partial charge is 0.378 e. The lowest BCUT2D eigenvalue weighted by Crippen LogP contribution is -2.37. The van der Waals surface area contributed by atoms with Gasteiger partial charge in [0.05, 0.1) is 36.2 Å². The molecule has 1 amide bonds. The fourth-order valence-corrected chi connectivity index (χ4v) is 4.14. The number of benzene rings is 1. The molecule has 0 spiro atoms. The molecule has 3 aromatic heterocycles. The molecule has 8 nitrogen and oxygen atoms in total. The summed E-state index contributed by atoms with van der Waals surface area (Å²) in [5, 5.41) is 9.36. The first-order chi connectivity index (χ1) is 15.9. The number of hydrogen-bond donors (Lipinski definition) is 1. The fourth-order valence-electron chi connectivity index (χ4n) is 3.61. The monoisotopic (exact) mass is 474 g/mol. The van der Waals surface area contributed by atoms with E-state index in [1.807, 2.05) is 4.90 Å². The summed E-state index contributed by atoms with van der Waals surface area (Å²) >= 11 is 1.25. The van der Waals surface area contributed by atoms with Gasteiger partial charge in [-0.15, -0.1) is 16.4 Å². The Bertz CT molecular complexity index is 1300. The molecule has 4 aromatic rings. The number of rotatable bonds is 4. The number of nitrogens with zero attached hydrogens (tertiary/aromatic N) is 5. The van der Waals surface area contributed by atoms with Gasteiger partial charge in [-0.05, 0) is 12.1 Å². The second-order valence-corrected chi connectivity index (χ2v) is 8.14. The highest BCUT2D eigenvalue weighted by Gasteiger charge is 2.34. The molecule has 1 aliphatic heterocycles. The Morgan fingerprint density at radius 3 is 2.70 bits per heavy atom. The van der Waals surface area contributed by atoms with Crippen molar-refractivity contribution in [1.82, 2.24) is 19.6 Å². The molecule has 5 rings (SSSR count). The number of aromatic nitrogens is 4. The Labute approximate surface area is 189 Å². The number of thiazole rings is 1. The van der Waals surface area contributed by atoms with Crippen molar-refractivity contribution in [3.63, 3.8) is 0 Å². The van der Waals surface area contributed by atoms with E-state index >= 15 is 0 Å². The number of morpholine rings is 1. The average molecular weight is 474 g/mol. The molecule has 33 heavy (non-hydrogen) atoms. The molecule has 0 aliphatic carbocycles. The molecular weight excluding hydrogens is 457 g/mol. The molecule has 0 saturated carbocycles. The van der Waals surface area contributed by atoms with Crippen LogP contribution in [0, 0.1) is 0 Å². The van der Waals surface area contributed by atoms with E-state index in [9.17, 15) is 18.0 Å². The summed E-state index contributed by atoms with van der Waals surface area (Å²) in [6.45, 7) is 2.16. The second kappa shape index (κ2) is 8.45. The minimum Gasteiger partial charge on any atom is -0.378 e. The molecule has 0 bridgehead atoms. The van der Waals surface area contributed by atoms with E-state index in [0.717, 1.165) is 6.07 Å². The number of amides is 1. The quantitative estimate of drug-likeness (QED) is 0.482. The predicted octanol–water partition coefficient (Wildman–Crippen LogP) is 3.96. The summed E-state index contributed by atoms with van der Waals surface area (Å²) in [6, 6.07) is 6.78. The Balaban J connectivity index is 1.64. The van der Waals surface area contributed by atoms with Crippen molar-refractivity contribution >= 4 is 33.8 Å². The summed E-state index contributed by atoms with van der Waals surface area (Å²) in [6.07, 6.45) is -1.59. The molecule has 1 aliphatic rings. The van der Waals surface area contributed by atoms with Crippen LogP contribution in [0.25, 0.3) is 16.9 Å². The third kappa shape index (κ3) is 4.26. The number of imidazole rings is 1. The number of hydrogen-bond acceptors (Lipinski definition) is 7. The van der Waals surface area contributed by atoms with E-state index in [4.69, 9.17) is 4.74 Å². The molecule has 0 unspecified atom stereocenters. The highest BCUT2D eigenvalue weighted by molar-refractivity contribution is 7.13. The lowest BCUT2D eigenvalue weighted by atomic mass is 10.1. The van der Waals surface area contributed by atoms with Gasteiger partial charge in [0, 0.05) is 30.2 Å². The number of alkyl halides is 3. The number of anilines is 2. The van der Waals surface area contributed by atoms with Crippen molar-refractivity contribution in [2.24, 2.45) is 0 Å². The van der Waals surface area contributed by atoms with Crippen LogP contribution in [0.4, 0.5) is 24.1 Å². The zero-order valence-corrected chi connectivity index (χ0v) is 17.9. The predicted molar refractivity (Wildman–Crippen MR) is 117 cm³/mol. The van der Waals surface area contributed by atoms with Crippen molar-refractivity contribution in [3.05, 3.63) is 59.2 Å². The van der Waals surface area contributed by atoms with Crippen molar-refractivity contribution < 1.29 is 22.7 Å². The Kier molecular flexibility index (Phi) is 5.46. The number of ether oxygens (including phenoxy) is 1. The van der Waals surface area contributed by atoms with Gasteiger partial charge in [-0.3, -0.25) is 10.1 Å². The normalized spacial score (nSPS) is 14.6. The number of halogens is 3. The van der Waals surface area contributed by atoms with Gasteiger partial charge in [-0.2, -0.15) is 13.2 Å². The number of fused-ring (bicyclic) bond motifs is 1. The summed E-state index contributed by atoms with van der Waals surface area (Å²) in [5.74, 6) is 0.0243. The summed E-state index contributed by atoms with van der Waals surface area (Å²) in [5.41, 5.74) is -0.506. The zero-order valence-electron chi connectivity index (χ0n) is 17.0. The maximum Gasteiger partial charge on any atom is 0.417 e. The van der Waals surface area contributed by atoms with E-state index in [0.29, 0.717) is 37.3 Å². The van der Waals surface area contributed by atoms with Crippen molar-refractivity contribution in [2.45, 2.75) is 6.18 Å². The highest BCUT2D eigenvalue weighted by Crippen LogP contribution is 2.37. The third-order valence-corrected chi connectivity index (χ3v) is 5.84. The molecule has 1 N–H and O–H groups in total. The molecule has 1 fully saturated rings. The van der Waals surface area contributed by atoms with Crippen LogP contribution < -0.4 is 10.2 Å². The van der Waals surface area contributed by atoms with Crippen molar-refractivity contribution in [2.75, 3.05) is 36.5 Å². The number of carbonyl (C=O) groups is 1. The van der Waals surface area contributed by atoms with Crippen LogP contribution in [0.5, 0.6) is 0 Å². The minimum atomic E-state index is -4.55. The topological polar surface area (TPSA) is 84.7 Å². The number of carbonyl (C=O) groups excluding carboxylic acids is 1. The summed E-state index contributed by atoms with van der Waals surface area (Å²) < 4.78 is 47.5.